The largest absolute Gasteiger partial charge is 0.463 e. The quantitative estimate of drug-likeness (QED) is 0.135. The van der Waals surface area contributed by atoms with Crippen LogP contribution in [0.5, 0.6) is 0 Å². The van der Waals surface area contributed by atoms with Crippen LogP contribution in [-0.2, 0) is 38.1 Å². The molecule has 0 radical (unpaired) electrons. The minimum Gasteiger partial charge on any atom is -0.463 e. The topological polar surface area (TPSA) is 175 Å². The average Bonchev–Trinajstić information content (AvgIpc) is 2.62. The van der Waals surface area contributed by atoms with Gasteiger partial charge in [-0.15, -0.1) is 0 Å². The van der Waals surface area contributed by atoms with Crippen LogP contribution >= 0.6 is 34.8 Å². The lowest BCUT2D eigenvalue weighted by molar-refractivity contribution is -0.221. The van der Waals surface area contributed by atoms with E-state index >= 15 is 0 Å². The Morgan fingerprint density at radius 2 is 1.61 bits per heavy atom. The molecular formula is C15H19Cl3N4O9. The minimum atomic E-state index is -1.91. The summed E-state index contributed by atoms with van der Waals surface area (Å²) >= 11 is 16.6. The Hall–Kier alpha value is -2.18. The molecule has 0 bridgehead atoms. The summed E-state index contributed by atoms with van der Waals surface area (Å²) in [7, 11) is 0. The molecule has 1 fully saturated rings. The molecule has 1 saturated heterocycles. The molecule has 1 N–H and O–H groups in total. The molecule has 1 aliphatic heterocycles. The maximum absolute atomic E-state index is 12.1. The van der Waals surface area contributed by atoms with Crippen LogP contribution in [0.4, 0.5) is 4.79 Å². The van der Waals surface area contributed by atoms with Crippen molar-refractivity contribution < 1.29 is 42.9 Å². The summed E-state index contributed by atoms with van der Waals surface area (Å²) in [5.41, 5.74) is 8.87. The summed E-state index contributed by atoms with van der Waals surface area (Å²) in [6.07, 6.45) is -6.61. The van der Waals surface area contributed by atoms with Gasteiger partial charge in [-0.1, -0.05) is 39.9 Å². The molecule has 1 aliphatic rings. The molecule has 174 valence electrons. The Labute approximate surface area is 191 Å². The SMILES string of the molecule is CC(=O)OC[C@H]1O[C@@H](N=[N+]=[N-])[C@H](NC(=O)OCC(Cl)(Cl)Cl)[C@@H](OC(C)=O)[C@@H]1OC(C)=O. The number of azide groups is 1. The number of esters is 3. The summed E-state index contributed by atoms with van der Waals surface area (Å²) < 4.78 is 23.7. The Morgan fingerprint density at radius 3 is 2.10 bits per heavy atom. The monoisotopic (exact) mass is 504 g/mol. The Kier molecular flexibility index (Phi) is 10.4. The van der Waals surface area contributed by atoms with Crippen LogP contribution in [0.2, 0.25) is 0 Å². The predicted molar refractivity (Wildman–Crippen MR) is 104 cm³/mol. The number of alkyl carbamates (subject to hydrolysis) is 1. The third-order valence-electron chi connectivity index (χ3n) is 3.54. The van der Waals surface area contributed by atoms with E-state index in [-0.39, 0.29) is 0 Å². The molecule has 1 rings (SSSR count). The van der Waals surface area contributed by atoms with Gasteiger partial charge in [-0.25, -0.2) is 4.79 Å². The number of ether oxygens (including phenoxy) is 5. The molecule has 31 heavy (non-hydrogen) atoms. The van der Waals surface area contributed by atoms with Crippen molar-refractivity contribution in [3.05, 3.63) is 10.4 Å². The van der Waals surface area contributed by atoms with Crippen LogP contribution < -0.4 is 5.32 Å². The fourth-order valence-corrected chi connectivity index (χ4v) is 2.71. The lowest BCUT2D eigenvalue weighted by Gasteiger charge is -2.43. The smallest absolute Gasteiger partial charge is 0.407 e. The molecule has 16 heteroatoms. The highest BCUT2D eigenvalue weighted by Gasteiger charge is 2.51. The number of hydrogen-bond acceptors (Lipinski definition) is 10. The van der Waals surface area contributed by atoms with E-state index in [1.54, 1.807) is 0 Å². The molecular weight excluding hydrogens is 487 g/mol. The van der Waals surface area contributed by atoms with Crippen molar-refractivity contribution in [1.82, 2.24) is 5.32 Å². The van der Waals surface area contributed by atoms with Gasteiger partial charge in [0.2, 0.25) is 3.79 Å². The third-order valence-corrected chi connectivity index (χ3v) is 3.86. The van der Waals surface area contributed by atoms with Gasteiger partial charge in [0.15, 0.2) is 18.4 Å². The van der Waals surface area contributed by atoms with Gasteiger partial charge in [-0.05, 0) is 5.53 Å². The fourth-order valence-electron chi connectivity index (χ4n) is 2.55. The molecule has 5 atom stereocenters. The molecule has 0 aromatic heterocycles. The van der Waals surface area contributed by atoms with Crippen molar-refractivity contribution in [3.8, 4) is 0 Å². The summed E-state index contributed by atoms with van der Waals surface area (Å²) in [6, 6.07) is -1.39. The van der Waals surface area contributed by atoms with Crippen LogP contribution in [0.25, 0.3) is 10.4 Å². The van der Waals surface area contributed by atoms with Crippen LogP contribution in [0.3, 0.4) is 0 Å². The molecule has 13 nitrogen and oxygen atoms in total. The number of nitrogens with one attached hydrogen (secondary N) is 1. The number of amides is 1. The van der Waals surface area contributed by atoms with E-state index in [9.17, 15) is 19.2 Å². The first-order chi connectivity index (χ1) is 14.3. The lowest BCUT2D eigenvalue weighted by Crippen LogP contribution is -2.65. The van der Waals surface area contributed by atoms with Gasteiger partial charge in [0, 0.05) is 25.7 Å². The Morgan fingerprint density at radius 1 is 1.03 bits per heavy atom. The number of carbonyl (C=O) groups is 4. The number of nitrogens with zero attached hydrogens (tertiary/aromatic N) is 3. The van der Waals surface area contributed by atoms with E-state index in [1.807, 2.05) is 0 Å². The molecule has 0 aromatic carbocycles. The zero-order chi connectivity index (χ0) is 23.8. The first kappa shape index (κ1) is 26.9. The van der Waals surface area contributed by atoms with Gasteiger partial charge in [-0.2, -0.15) is 0 Å². The molecule has 0 unspecified atom stereocenters. The molecule has 0 spiro atoms. The van der Waals surface area contributed by atoms with Gasteiger partial charge >= 0.3 is 24.0 Å². The van der Waals surface area contributed by atoms with E-state index in [4.69, 9.17) is 64.0 Å². The standard InChI is InChI=1S/C15H19Cl3N4O9/c1-6(23)27-4-9-11(29-7(2)24)12(30-8(3)25)10(13(31-9)21-22-19)20-14(26)28-5-15(16,17)18/h9-13H,4-5H2,1-3H3,(H,20,26)/t9-,10-,11-,12-,13-/m1/s1. The first-order valence-corrected chi connectivity index (χ1v) is 9.65. The number of alkyl halides is 3. The van der Waals surface area contributed by atoms with Gasteiger partial charge in [-0.3, -0.25) is 14.4 Å². The second kappa shape index (κ2) is 12.0. The van der Waals surface area contributed by atoms with Crippen LogP contribution in [0.15, 0.2) is 5.11 Å². The van der Waals surface area contributed by atoms with E-state index in [0.29, 0.717) is 0 Å². The highest BCUT2D eigenvalue weighted by molar-refractivity contribution is 6.67. The fraction of sp³-hybridized carbons (Fsp3) is 0.733. The van der Waals surface area contributed by atoms with Gasteiger partial charge in [0.25, 0.3) is 0 Å². The normalized spacial score (nSPS) is 25.4. The minimum absolute atomic E-state index is 0.438. The van der Waals surface area contributed by atoms with E-state index in [0.717, 1.165) is 20.8 Å². The van der Waals surface area contributed by atoms with E-state index < -0.39 is 71.6 Å². The summed E-state index contributed by atoms with van der Waals surface area (Å²) in [6.45, 7) is 2.19. The second-order valence-electron chi connectivity index (χ2n) is 6.08. The maximum Gasteiger partial charge on any atom is 0.407 e. The highest BCUT2D eigenvalue weighted by Crippen LogP contribution is 2.29. The zero-order valence-electron chi connectivity index (χ0n) is 16.5. The zero-order valence-corrected chi connectivity index (χ0v) is 18.7. The number of hydrogen-bond donors (Lipinski definition) is 1. The van der Waals surface area contributed by atoms with E-state index in [1.165, 1.54) is 0 Å². The average molecular weight is 506 g/mol. The van der Waals surface area contributed by atoms with Crippen molar-refractivity contribution >= 4 is 58.8 Å². The predicted octanol–water partition coefficient (Wildman–Crippen LogP) is 1.91. The van der Waals surface area contributed by atoms with Gasteiger partial charge in [0.05, 0.1) is 0 Å². The number of carbonyl (C=O) groups excluding carboxylic acids is 4. The summed E-state index contributed by atoms with van der Waals surface area (Å²) in [5, 5.41) is 5.68. The van der Waals surface area contributed by atoms with Crippen molar-refractivity contribution in [1.29, 1.82) is 0 Å². The third kappa shape index (κ3) is 9.66. The van der Waals surface area contributed by atoms with Crippen LogP contribution in [0.1, 0.15) is 20.8 Å². The van der Waals surface area contributed by atoms with Gasteiger partial charge < -0.3 is 29.0 Å². The van der Waals surface area contributed by atoms with Crippen molar-refractivity contribution in [2.24, 2.45) is 5.11 Å². The van der Waals surface area contributed by atoms with Crippen LogP contribution in [-0.4, -0.2) is 71.6 Å². The number of halogens is 3. The van der Waals surface area contributed by atoms with Crippen molar-refractivity contribution in [2.75, 3.05) is 13.2 Å². The molecule has 1 amide bonds. The molecule has 0 aromatic rings. The second-order valence-corrected chi connectivity index (χ2v) is 8.60. The van der Waals surface area contributed by atoms with Crippen molar-refractivity contribution in [2.45, 2.75) is 55.1 Å². The molecule has 0 aliphatic carbocycles. The van der Waals surface area contributed by atoms with Crippen molar-refractivity contribution in [3.63, 3.8) is 0 Å². The summed E-state index contributed by atoms with van der Waals surface area (Å²) in [5.74, 6) is -2.29. The summed E-state index contributed by atoms with van der Waals surface area (Å²) in [4.78, 5) is 49.2. The lowest BCUT2D eigenvalue weighted by atomic mass is 9.95. The number of rotatable bonds is 7. The molecule has 0 saturated carbocycles. The van der Waals surface area contributed by atoms with E-state index in [2.05, 4.69) is 15.3 Å². The molecule has 1 heterocycles. The first-order valence-electron chi connectivity index (χ1n) is 8.51. The Balaban J connectivity index is 3.25. The highest BCUT2D eigenvalue weighted by atomic mass is 35.6. The maximum atomic E-state index is 12.1. The van der Waals surface area contributed by atoms with Gasteiger partial charge in [0.1, 0.15) is 25.4 Å². The van der Waals surface area contributed by atoms with Crippen LogP contribution in [0, 0.1) is 0 Å². The Bertz CT molecular complexity index is 742.